The highest BCUT2D eigenvalue weighted by atomic mass is 31.2. The average molecular weight is 714 g/mol. The zero-order valence-electron chi connectivity index (χ0n) is 24.6. The number of hydrogen-bond donors (Lipinski definition) is 6. The van der Waals surface area contributed by atoms with E-state index in [-0.39, 0.29) is 28.8 Å². The fraction of sp³-hybridized carbons (Fsp3) is 0.565. The summed E-state index contributed by atoms with van der Waals surface area (Å²) < 4.78 is 67.8. The van der Waals surface area contributed by atoms with Crippen molar-refractivity contribution in [3.8, 4) is 0 Å². The molecule has 23 nitrogen and oxygen atoms in total. The first-order valence-electron chi connectivity index (χ1n) is 14.3. The normalized spacial score (nSPS) is 33.8. The largest absolute Gasteiger partial charge is 0.472 e. The van der Waals surface area contributed by atoms with Crippen molar-refractivity contribution >= 4 is 49.7 Å². The van der Waals surface area contributed by atoms with Crippen LogP contribution in [-0.2, 0) is 41.6 Å². The summed E-state index contributed by atoms with van der Waals surface area (Å²) in [4.78, 5) is 64.9. The minimum atomic E-state index is -5.00. The van der Waals surface area contributed by atoms with Gasteiger partial charge in [-0.3, -0.25) is 32.5 Å². The Labute approximate surface area is 267 Å². The van der Waals surface area contributed by atoms with Crippen LogP contribution < -0.4 is 17.0 Å². The van der Waals surface area contributed by atoms with E-state index in [1.807, 2.05) is 0 Å². The minimum absolute atomic E-state index is 0.0764. The molecule has 0 aromatic carbocycles. The first-order chi connectivity index (χ1) is 22.8. The average Bonchev–Trinajstić information content (AvgIpc) is 3.84. The summed E-state index contributed by atoms with van der Waals surface area (Å²) in [6.07, 6.45) is -2.37. The quantitative estimate of drug-likeness (QED) is 0.0983. The molecule has 0 radical (unpaired) electrons. The molecular weight excluding hydrogens is 686 g/mol. The van der Waals surface area contributed by atoms with E-state index < -0.39 is 83.0 Å². The van der Waals surface area contributed by atoms with E-state index in [9.17, 15) is 28.6 Å². The van der Waals surface area contributed by atoms with Crippen molar-refractivity contribution in [3.63, 3.8) is 0 Å². The number of imidazole rings is 2. The predicted molar refractivity (Wildman–Crippen MR) is 155 cm³/mol. The maximum Gasteiger partial charge on any atom is 0.472 e. The van der Waals surface area contributed by atoms with Gasteiger partial charge in [-0.25, -0.2) is 29.1 Å². The van der Waals surface area contributed by atoms with Crippen LogP contribution in [0.25, 0.3) is 22.3 Å². The number of fused-ring (bicyclic) bond motifs is 2. The Morgan fingerprint density at radius 2 is 1.77 bits per heavy atom. The Hall–Kier alpha value is -3.44. The molecule has 0 spiro atoms. The number of nitrogens with one attached hydrogen (secondary N) is 1. The maximum absolute atomic E-state index is 13.6. The lowest BCUT2D eigenvalue weighted by Gasteiger charge is -2.44. The molecule has 4 bridgehead atoms. The number of phosphoric acid groups is 2. The number of ether oxygens (including phenoxy) is 4. The highest BCUT2D eigenvalue weighted by Crippen LogP contribution is 2.65. The number of phosphoric ester groups is 2. The molecule has 4 aromatic rings. The highest BCUT2D eigenvalue weighted by molar-refractivity contribution is 7.47. The lowest BCUT2D eigenvalue weighted by Crippen LogP contribution is -2.57. The minimum Gasteiger partial charge on any atom is -0.382 e. The first kappa shape index (κ1) is 31.8. The van der Waals surface area contributed by atoms with E-state index in [1.54, 1.807) is 4.57 Å². The third kappa shape index (κ3) is 4.97. The molecule has 4 aromatic heterocycles. The second-order valence-corrected chi connectivity index (χ2v) is 14.3. The second-order valence-electron chi connectivity index (χ2n) is 11.6. The topological polar surface area (TPSA) is 319 Å². The van der Waals surface area contributed by atoms with Gasteiger partial charge in [-0.1, -0.05) is 0 Å². The van der Waals surface area contributed by atoms with Crippen molar-refractivity contribution in [3.05, 3.63) is 29.3 Å². The molecule has 1 aliphatic carbocycles. The Kier molecular flexibility index (Phi) is 7.31. The van der Waals surface area contributed by atoms with Gasteiger partial charge in [0.2, 0.25) is 5.95 Å². The van der Waals surface area contributed by atoms with E-state index in [1.165, 1.54) is 24.3 Å². The van der Waals surface area contributed by atoms with Crippen molar-refractivity contribution in [1.29, 1.82) is 0 Å². The number of rotatable bonds is 11. The van der Waals surface area contributed by atoms with Crippen LogP contribution in [0.2, 0.25) is 0 Å². The molecule has 25 heteroatoms. The molecule has 258 valence electrons. The van der Waals surface area contributed by atoms with Crippen LogP contribution >= 0.6 is 15.6 Å². The van der Waals surface area contributed by atoms with Crippen molar-refractivity contribution in [1.82, 2.24) is 39.0 Å². The van der Waals surface area contributed by atoms with Crippen molar-refractivity contribution in [2.24, 2.45) is 5.92 Å². The van der Waals surface area contributed by atoms with Gasteiger partial charge in [0.1, 0.15) is 41.9 Å². The molecular formula is C23H28N10O13P2. The number of nitrogens with two attached hydrogens (primary N) is 2. The molecule has 9 rings (SSSR count). The highest BCUT2D eigenvalue weighted by Gasteiger charge is 2.75. The number of H-pyrrole nitrogens is 1. The molecule has 5 aliphatic rings. The fourth-order valence-corrected chi connectivity index (χ4v) is 8.23. The van der Waals surface area contributed by atoms with Crippen LogP contribution in [0.15, 0.2) is 23.8 Å². The zero-order valence-corrected chi connectivity index (χ0v) is 26.4. The molecule has 9 unspecified atom stereocenters. The fourth-order valence-electron chi connectivity index (χ4n) is 6.93. The predicted octanol–water partition coefficient (Wildman–Crippen LogP) is -1.30. The molecule has 5 fully saturated rings. The van der Waals surface area contributed by atoms with E-state index in [0.717, 1.165) is 6.33 Å². The number of aromatic amines is 1. The van der Waals surface area contributed by atoms with Gasteiger partial charge < -0.3 is 45.1 Å². The van der Waals surface area contributed by atoms with Crippen LogP contribution in [0, 0.1) is 5.92 Å². The Bertz CT molecular complexity index is 2070. The van der Waals surface area contributed by atoms with Crippen LogP contribution in [0.3, 0.4) is 0 Å². The van der Waals surface area contributed by atoms with Gasteiger partial charge in [-0.15, -0.1) is 0 Å². The summed E-state index contributed by atoms with van der Waals surface area (Å²) in [6, 6.07) is 0. The second kappa shape index (κ2) is 11.0. The molecule has 4 aliphatic heterocycles. The number of hydrogen-bond acceptors (Lipinski definition) is 17. The third-order valence-electron chi connectivity index (χ3n) is 9.04. The number of nitrogens with zero attached hydrogens (tertiary/aromatic N) is 7. The Balaban J connectivity index is 1.05. The molecule has 1 saturated carbocycles. The van der Waals surface area contributed by atoms with Crippen LogP contribution in [0.5, 0.6) is 0 Å². The molecule has 8 N–H and O–H groups in total. The summed E-state index contributed by atoms with van der Waals surface area (Å²) in [7, 11) is -8.74. The number of nitrogen functional groups attached to an aromatic ring is 2. The van der Waals surface area contributed by atoms with Crippen molar-refractivity contribution in [2.45, 2.75) is 55.0 Å². The standard InChI is InChI=1S/C23H28N10O13P2/c1-40-14-9(3-41-47(35,36)37)43-20(33-7-29-12-18(33)30-22(25)31-19(12)34)15(14)46-48(38,39)42-4-23-8-2-10(23)44-13(8)21(45-23)32-6-28-11-16(24)26-5-27-17(11)32/h5-10,13-15,20-21H,2-4H2,1H3,(H,38,39)(H2,24,26,27)(H2,35,36,37)(H3,25,30,31,34)/t8?,9?,10-,13?,14?,15?,20?,21?,23?/m0/s1. The maximum atomic E-state index is 13.6. The van der Waals surface area contributed by atoms with Crippen molar-refractivity contribution < 1.29 is 56.3 Å². The Morgan fingerprint density at radius 1 is 1.02 bits per heavy atom. The summed E-state index contributed by atoms with van der Waals surface area (Å²) >= 11 is 0. The van der Waals surface area contributed by atoms with Gasteiger partial charge >= 0.3 is 15.6 Å². The van der Waals surface area contributed by atoms with Crippen LogP contribution in [0.1, 0.15) is 18.9 Å². The van der Waals surface area contributed by atoms with Crippen LogP contribution in [-0.4, -0.2) is 110 Å². The Morgan fingerprint density at radius 3 is 2.52 bits per heavy atom. The van der Waals surface area contributed by atoms with Crippen molar-refractivity contribution in [2.75, 3.05) is 31.8 Å². The summed E-state index contributed by atoms with van der Waals surface area (Å²) in [5.74, 6) is -0.258. The summed E-state index contributed by atoms with van der Waals surface area (Å²) in [5, 5.41) is 0. The number of methoxy groups -OCH3 is 1. The SMILES string of the molecule is COC1C(COP(=O)(O)O)OC(n2cnc3c(=O)[nH]c(N)nc32)C1OP(=O)(O)OCC12OC(n3cnc4c(N)ncnc43)C3O[C@H]1CC32. The monoisotopic (exact) mass is 714 g/mol. The first-order valence-corrected chi connectivity index (χ1v) is 17.3. The summed E-state index contributed by atoms with van der Waals surface area (Å²) in [5.41, 5.74) is 10.5. The van der Waals surface area contributed by atoms with Gasteiger partial charge in [0.15, 0.2) is 35.1 Å². The van der Waals surface area contributed by atoms with Gasteiger partial charge in [0, 0.05) is 13.0 Å². The molecule has 48 heavy (non-hydrogen) atoms. The molecule has 4 saturated heterocycles. The third-order valence-corrected chi connectivity index (χ3v) is 10.5. The van der Waals surface area contributed by atoms with Gasteiger partial charge in [0.25, 0.3) is 5.56 Å². The van der Waals surface area contributed by atoms with Crippen LogP contribution in [0.4, 0.5) is 11.8 Å². The molecule has 10 atom stereocenters. The molecule has 0 amide bonds. The van der Waals surface area contributed by atoms with Gasteiger partial charge in [-0.2, -0.15) is 4.98 Å². The van der Waals surface area contributed by atoms with E-state index in [2.05, 4.69) is 34.4 Å². The lowest BCUT2D eigenvalue weighted by molar-refractivity contribution is -0.238. The lowest BCUT2D eigenvalue weighted by atomic mass is 9.69. The zero-order chi connectivity index (χ0) is 33.7. The van der Waals surface area contributed by atoms with E-state index in [4.69, 9.17) is 39.5 Å². The number of aromatic nitrogens is 8. The smallest absolute Gasteiger partial charge is 0.382 e. The van der Waals surface area contributed by atoms with Gasteiger partial charge in [-0.05, 0) is 6.42 Å². The van der Waals surface area contributed by atoms with Gasteiger partial charge in [0.05, 0.1) is 32.0 Å². The van der Waals surface area contributed by atoms with E-state index in [0.29, 0.717) is 17.6 Å². The van der Waals surface area contributed by atoms with E-state index >= 15 is 0 Å². The number of anilines is 2. The summed E-state index contributed by atoms with van der Waals surface area (Å²) in [6.45, 7) is -1.12. The molecule has 8 heterocycles.